The minimum atomic E-state index is -1.89. The highest BCUT2D eigenvalue weighted by Gasteiger charge is 2.82. The molecule has 0 radical (unpaired) electrons. The van der Waals surface area contributed by atoms with E-state index in [0.29, 0.717) is 25.9 Å². The van der Waals surface area contributed by atoms with E-state index in [2.05, 4.69) is 48.5 Å². The topological polar surface area (TPSA) is 352 Å². The number of carbonyl (C=O) groups excluding carboxylic acids is 1. The van der Waals surface area contributed by atoms with Crippen molar-refractivity contribution in [3.05, 3.63) is 0 Å². The van der Waals surface area contributed by atoms with Crippen LogP contribution in [0.25, 0.3) is 0 Å². The van der Waals surface area contributed by atoms with Gasteiger partial charge in [0.05, 0.1) is 56.3 Å². The van der Waals surface area contributed by atoms with Crippen molar-refractivity contribution in [1.29, 1.82) is 0 Å². The molecule has 2 bridgehead atoms. The summed E-state index contributed by atoms with van der Waals surface area (Å²) in [5.74, 6) is -0.0198. The zero-order valence-electron chi connectivity index (χ0n) is 45.6. The van der Waals surface area contributed by atoms with Gasteiger partial charge in [0.15, 0.2) is 25.2 Å². The van der Waals surface area contributed by atoms with E-state index in [4.69, 9.17) is 47.4 Å². The summed E-state index contributed by atoms with van der Waals surface area (Å²) < 4.78 is 62.2. The van der Waals surface area contributed by atoms with E-state index < -0.39 is 177 Å². The molecule has 23 heteroatoms. The molecular formula is C54H88O23. The van der Waals surface area contributed by atoms with Crippen LogP contribution >= 0.6 is 0 Å². The van der Waals surface area contributed by atoms with Crippen LogP contribution in [0.4, 0.5) is 0 Å². The van der Waals surface area contributed by atoms with Crippen LogP contribution in [0.2, 0.25) is 0 Å². The number of esters is 1. The van der Waals surface area contributed by atoms with Crippen molar-refractivity contribution in [3.63, 3.8) is 0 Å². The fourth-order valence-electron chi connectivity index (χ4n) is 17.9. The van der Waals surface area contributed by atoms with E-state index in [1.807, 2.05) is 0 Å². The molecule has 5 aliphatic carbocycles. The van der Waals surface area contributed by atoms with E-state index in [1.54, 1.807) is 0 Å². The van der Waals surface area contributed by atoms with Crippen molar-refractivity contribution in [2.75, 3.05) is 33.0 Å². The molecule has 10 rings (SSSR count). The molecule has 5 saturated carbocycles. The van der Waals surface area contributed by atoms with E-state index in [0.717, 1.165) is 38.5 Å². The first kappa shape index (κ1) is 58.8. The lowest BCUT2D eigenvalue weighted by Gasteiger charge is -2.75. The second kappa shape index (κ2) is 20.8. The highest BCUT2D eigenvalue weighted by molar-refractivity contribution is 5.66. The van der Waals surface area contributed by atoms with Gasteiger partial charge in [-0.1, -0.05) is 48.5 Å². The van der Waals surface area contributed by atoms with Gasteiger partial charge in [-0.05, 0) is 91.3 Å². The van der Waals surface area contributed by atoms with Gasteiger partial charge < -0.3 is 109 Å². The first-order valence-corrected chi connectivity index (χ1v) is 28.1. The standard InChI is InChI=1S/C54H88O23/c1-23(57)71-33-17-48(2,3)15-30-53(33)22-70-54(30)14-10-29-50(6)12-11-32(49(4,5)28(50)9-13-51(29,7)52(54,8)16-31(53)59)75-46-42(77-45-41(67)38(64)35(61)25(18-55)72-45)37(63)27(21-69-46)74-47-43(39(65)36(62)26(19-56)73-47)76-44-40(66)34(60)24(58)20-68-44/h24-47,55-56,58-67H,9-22H2,1-8H3/t24-,25+,26+,27+,28-,29+,30+,31+,32-,33-,34-,35+,36+,37-,38-,39-,40+,41+,42+,43+,44-,45-,46-,47-,50-,51+,52-,53-,54-/m0/s1. The number of carbonyl (C=O) groups is 1. The average Bonchev–Trinajstić information content (AvgIpc) is 3.66. The molecule has 5 heterocycles. The first-order valence-electron chi connectivity index (χ1n) is 28.1. The Morgan fingerprint density at radius 3 is 1.84 bits per heavy atom. The Hall–Kier alpha value is -1.37. The highest BCUT2D eigenvalue weighted by atomic mass is 16.8. The van der Waals surface area contributed by atoms with Crippen LogP contribution in [0.5, 0.6) is 0 Å². The molecule has 0 unspecified atom stereocenters. The number of rotatable bonds is 11. The Morgan fingerprint density at radius 1 is 0.558 bits per heavy atom. The van der Waals surface area contributed by atoms with Crippen molar-refractivity contribution < 1.29 is 113 Å². The number of aliphatic hydroxyl groups is 12. The zero-order valence-corrected chi connectivity index (χ0v) is 45.6. The molecule has 5 saturated heterocycles. The van der Waals surface area contributed by atoms with E-state index in [1.165, 1.54) is 6.92 Å². The van der Waals surface area contributed by atoms with Crippen molar-refractivity contribution in [3.8, 4) is 0 Å². The second-order valence-electron chi connectivity index (χ2n) is 26.9. The Kier molecular flexibility index (Phi) is 15.9. The number of aliphatic hydroxyl groups excluding tert-OH is 12. The lowest BCUT2D eigenvalue weighted by Crippen LogP contribution is -2.75. The minimum Gasteiger partial charge on any atom is -0.462 e. The lowest BCUT2D eigenvalue weighted by molar-refractivity contribution is -0.392. The Labute approximate surface area is 449 Å². The molecule has 29 atom stereocenters. The number of ether oxygens (including phenoxy) is 10. The predicted octanol–water partition coefficient (Wildman–Crippen LogP) is -1.53. The molecule has 23 nitrogen and oxygen atoms in total. The molecule has 1 spiro atoms. The van der Waals surface area contributed by atoms with E-state index >= 15 is 0 Å². The summed E-state index contributed by atoms with van der Waals surface area (Å²) in [6.45, 7) is 15.3. The molecule has 10 fully saturated rings. The monoisotopic (exact) mass is 1100 g/mol. The molecule has 0 aromatic heterocycles. The van der Waals surface area contributed by atoms with Crippen molar-refractivity contribution in [1.82, 2.24) is 0 Å². The molecule has 5 aliphatic heterocycles. The van der Waals surface area contributed by atoms with Gasteiger partial charge in [0.1, 0.15) is 91.6 Å². The number of fused-ring (bicyclic) bond motifs is 4. The van der Waals surface area contributed by atoms with Crippen LogP contribution in [0.3, 0.4) is 0 Å². The molecule has 0 amide bonds. The van der Waals surface area contributed by atoms with Gasteiger partial charge in [0.25, 0.3) is 0 Å². The maximum Gasteiger partial charge on any atom is 0.302 e. The average molecular weight is 1110 g/mol. The van der Waals surface area contributed by atoms with Crippen LogP contribution in [0.15, 0.2) is 0 Å². The summed E-state index contributed by atoms with van der Waals surface area (Å²) in [6.07, 6.45) is -25.0. The third-order valence-corrected chi connectivity index (χ3v) is 22.1. The van der Waals surface area contributed by atoms with Crippen LogP contribution in [-0.2, 0) is 52.2 Å². The summed E-state index contributed by atoms with van der Waals surface area (Å²) in [4.78, 5) is 12.6. The van der Waals surface area contributed by atoms with E-state index in [9.17, 15) is 66.1 Å². The van der Waals surface area contributed by atoms with Crippen molar-refractivity contribution in [2.45, 2.75) is 248 Å². The normalized spacial score (nSPS) is 56.0. The Morgan fingerprint density at radius 2 is 1.17 bits per heavy atom. The molecule has 0 aromatic rings. The summed E-state index contributed by atoms with van der Waals surface area (Å²) in [5.41, 5.74) is -2.77. The fraction of sp³-hybridized carbons (Fsp3) is 0.981. The molecular weight excluding hydrogens is 1020 g/mol. The maximum atomic E-state index is 12.6. The molecule has 10 aliphatic rings. The smallest absolute Gasteiger partial charge is 0.302 e. The lowest BCUT2D eigenvalue weighted by atomic mass is 9.30. The highest BCUT2D eigenvalue weighted by Crippen LogP contribution is 2.81. The molecule has 77 heavy (non-hydrogen) atoms. The van der Waals surface area contributed by atoms with Crippen molar-refractivity contribution in [2.24, 2.45) is 50.2 Å². The van der Waals surface area contributed by atoms with Gasteiger partial charge in [-0.3, -0.25) is 4.79 Å². The summed E-state index contributed by atoms with van der Waals surface area (Å²) in [5, 5.41) is 131. The van der Waals surface area contributed by atoms with Crippen LogP contribution < -0.4 is 0 Å². The quantitative estimate of drug-likeness (QED) is 0.0825. The van der Waals surface area contributed by atoms with Gasteiger partial charge in [-0.15, -0.1) is 0 Å². The maximum absolute atomic E-state index is 12.6. The van der Waals surface area contributed by atoms with Gasteiger partial charge in [-0.25, -0.2) is 0 Å². The second-order valence-corrected chi connectivity index (χ2v) is 26.9. The minimum absolute atomic E-state index is 0.00682. The molecule has 442 valence electrons. The number of hydrogen-bond acceptors (Lipinski definition) is 23. The SMILES string of the molecule is CC(=O)O[C@H]1CC(C)(C)C[C@@H]2[C@]13CO[C@@]21CC[C@@H]2[C@@]4(C)CC[C@H](O[C@@H]5OC[C@@H](O[C@@H]6O[C@H](CO)[C@@H](O)[C@H](O)[C@H]6O[C@@H]6OC[C@H](O)[C@H](O)[C@H]6O)[C@H](O)[C@H]5O[C@@H]5O[C@H](CO)[C@@H](O)[C@H](O)[C@H]5O)C(C)(C)[C@@H]4CC[C@@]2(C)[C@]1(C)C[C@H]3O. The Balaban J connectivity index is 0.903. The van der Waals surface area contributed by atoms with E-state index in [-0.39, 0.29) is 40.0 Å². The summed E-state index contributed by atoms with van der Waals surface area (Å²) >= 11 is 0. The van der Waals surface area contributed by atoms with Gasteiger partial charge in [-0.2, -0.15) is 0 Å². The third-order valence-electron chi connectivity index (χ3n) is 22.1. The first-order chi connectivity index (χ1) is 36.1. The Bertz CT molecular complexity index is 2120. The van der Waals surface area contributed by atoms with Crippen LogP contribution in [0, 0.1) is 50.2 Å². The van der Waals surface area contributed by atoms with Gasteiger partial charge in [0.2, 0.25) is 0 Å². The largest absolute Gasteiger partial charge is 0.462 e. The molecule has 0 aromatic carbocycles. The fourth-order valence-corrected chi connectivity index (χ4v) is 17.9. The van der Waals surface area contributed by atoms with Gasteiger partial charge >= 0.3 is 5.97 Å². The third kappa shape index (κ3) is 9.04. The predicted molar refractivity (Wildman–Crippen MR) is 261 cm³/mol. The van der Waals surface area contributed by atoms with Crippen LogP contribution in [0.1, 0.15) is 113 Å². The van der Waals surface area contributed by atoms with Gasteiger partial charge in [0, 0.05) is 18.3 Å². The summed E-state index contributed by atoms with van der Waals surface area (Å²) in [6, 6.07) is 0. The zero-order chi connectivity index (χ0) is 55.9. The van der Waals surface area contributed by atoms with Crippen LogP contribution in [-0.4, -0.2) is 235 Å². The van der Waals surface area contributed by atoms with Crippen molar-refractivity contribution >= 4 is 5.97 Å². The number of hydrogen-bond donors (Lipinski definition) is 12. The molecule has 12 N–H and O–H groups in total. The summed E-state index contributed by atoms with van der Waals surface area (Å²) in [7, 11) is 0.